The van der Waals surface area contributed by atoms with Gasteiger partial charge in [-0.25, -0.2) is 14.8 Å². The molecule has 194 valence electrons. The van der Waals surface area contributed by atoms with Gasteiger partial charge in [0.25, 0.3) is 0 Å². The van der Waals surface area contributed by atoms with Crippen LogP contribution in [-0.2, 0) is 16.2 Å². The number of carbonyl (C=O) groups is 1. The number of fused-ring (bicyclic) bond motifs is 1. The van der Waals surface area contributed by atoms with Gasteiger partial charge in [-0.3, -0.25) is 0 Å². The molecule has 1 amide bonds. The summed E-state index contributed by atoms with van der Waals surface area (Å²) in [6.45, 7) is 13.8. The lowest BCUT2D eigenvalue weighted by Crippen LogP contribution is -2.39. The number of carbonyl (C=O) groups excluding carboxylic acids is 1. The molecule has 9 heteroatoms. The first-order valence-corrected chi connectivity index (χ1v) is 16.3. The van der Waals surface area contributed by atoms with Crippen LogP contribution in [0.2, 0.25) is 25.7 Å². The number of nitrogens with one attached hydrogen (secondary N) is 1. The molecular weight excluding hydrogens is 472 g/mol. The monoisotopic (exact) mass is 510 g/mol. The Labute approximate surface area is 214 Å². The number of hydrogen-bond donors (Lipinski definition) is 1. The molecule has 4 rings (SSSR count). The standard InChI is InChI=1S/C27H38N4O4Si/c1-27(2,3)35-26(32)30-20-9-7-8-19(14-20)21-10-11-29-25-24(21)22(23-15-28-17-34-23)16-31(25)18-33-12-13-36(4,5)6/h8,10-11,15-17,20H,7,9,12-14,18H2,1-6H3,(H,30,32). The summed E-state index contributed by atoms with van der Waals surface area (Å²) >= 11 is 0. The number of ether oxygens (including phenoxy) is 2. The molecule has 8 nitrogen and oxygen atoms in total. The summed E-state index contributed by atoms with van der Waals surface area (Å²) < 4.78 is 19.3. The van der Waals surface area contributed by atoms with Gasteiger partial charge in [0.1, 0.15) is 18.0 Å². The number of oxazole rings is 1. The summed E-state index contributed by atoms with van der Waals surface area (Å²) in [5.74, 6) is 0.690. The molecule has 0 fully saturated rings. The van der Waals surface area contributed by atoms with Crippen LogP contribution in [0.4, 0.5) is 4.79 Å². The fraction of sp³-hybridized carbons (Fsp3) is 0.519. The molecule has 3 heterocycles. The molecule has 36 heavy (non-hydrogen) atoms. The summed E-state index contributed by atoms with van der Waals surface area (Å²) in [4.78, 5) is 21.2. The Morgan fingerprint density at radius 3 is 2.78 bits per heavy atom. The zero-order valence-electron chi connectivity index (χ0n) is 22.3. The molecule has 1 N–H and O–H groups in total. The molecule has 0 saturated carbocycles. The van der Waals surface area contributed by atoms with E-state index >= 15 is 0 Å². The van der Waals surface area contributed by atoms with E-state index < -0.39 is 13.7 Å². The zero-order chi connectivity index (χ0) is 25.9. The highest BCUT2D eigenvalue weighted by molar-refractivity contribution is 6.76. The number of alkyl carbamates (subject to hydrolysis) is 1. The average Bonchev–Trinajstić information content (AvgIpc) is 3.43. The van der Waals surface area contributed by atoms with Crippen LogP contribution in [0.25, 0.3) is 27.9 Å². The van der Waals surface area contributed by atoms with Crippen LogP contribution in [-0.4, -0.2) is 47.0 Å². The summed E-state index contributed by atoms with van der Waals surface area (Å²) in [5, 5.41) is 4.06. The fourth-order valence-corrected chi connectivity index (χ4v) is 5.14. The van der Waals surface area contributed by atoms with Crippen molar-refractivity contribution < 1.29 is 18.7 Å². The summed E-state index contributed by atoms with van der Waals surface area (Å²) in [5.41, 5.74) is 3.51. The highest BCUT2D eigenvalue weighted by Crippen LogP contribution is 2.38. The predicted molar refractivity (Wildman–Crippen MR) is 144 cm³/mol. The normalized spacial score (nSPS) is 16.7. The summed E-state index contributed by atoms with van der Waals surface area (Å²) in [6, 6.07) is 3.16. The summed E-state index contributed by atoms with van der Waals surface area (Å²) in [6.07, 6.45) is 11.4. The number of pyridine rings is 1. The topological polar surface area (TPSA) is 91.4 Å². The van der Waals surface area contributed by atoms with Crippen molar-refractivity contribution in [3.05, 3.63) is 42.7 Å². The molecule has 0 bridgehead atoms. The van der Waals surface area contributed by atoms with E-state index in [1.807, 2.05) is 43.8 Å². The highest BCUT2D eigenvalue weighted by atomic mass is 28.3. The minimum Gasteiger partial charge on any atom is -0.444 e. The Kier molecular flexibility index (Phi) is 7.70. The lowest BCUT2D eigenvalue weighted by molar-refractivity contribution is 0.0502. The Morgan fingerprint density at radius 1 is 1.28 bits per heavy atom. The molecule has 0 aromatic carbocycles. The maximum atomic E-state index is 12.4. The van der Waals surface area contributed by atoms with Crippen LogP contribution in [0.5, 0.6) is 0 Å². The highest BCUT2D eigenvalue weighted by Gasteiger charge is 2.25. The van der Waals surface area contributed by atoms with Gasteiger partial charge in [-0.2, -0.15) is 0 Å². The van der Waals surface area contributed by atoms with Crippen molar-refractivity contribution in [1.29, 1.82) is 0 Å². The van der Waals surface area contributed by atoms with Gasteiger partial charge in [-0.05, 0) is 63.3 Å². The van der Waals surface area contributed by atoms with Gasteiger partial charge >= 0.3 is 6.09 Å². The van der Waals surface area contributed by atoms with Crippen molar-refractivity contribution in [3.63, 3.8) is 0 Å². The van der Waals surface area contributed by atoms with Crippen molar-refractivity contribution in [3.8, 4) is 11.3 Å². The van der Waals surface area contributed by atoms with Gasteiger partial charge in [0.2, 0.25) is 0 Å². The van der Waals surface area contributed by atoms with Gasteiger partial charge in [0.15, 0.2) is 12.2 Å². The van der Waals surface area contributed by atoms with Crippen molar-refractivity contribution >= 4 is 30.8 Å². The first-order valence-electron chi connectivity index (χ1n) is 12.6. The Balaban J connectivity index is 1.61. The maximum Gasteiger partial charge on any atom is 0.407 e. The smallest absolute Gasteiger partial charge is 0.407 e. The van der Waals surface area contributed by atoms with Crippen LogP contribution < -0.4 is 5.32 Å². The Hall–Kier alpha value is -2.91. The van der Waals surface area contributed by atoms with Gasteiger partial charge in [0, 0.05) is 44.1 Å². The van der Waals surface area contributed by atoms with Crippen LogP contribution in [0.3, 0.4) is 0 Å². The number of hydrogen-bond acceptors (Lipinski definition) is 6. The van der Waals surface area contributed by atoms with Crippen LogP contribution in [0, 0.1) is 0 Å². The van der Waals surface area contributed by atoms with Crippen LogP contribution in [0.1, 0.15) is 45.6 Å². The van der Waals surface area contributed by atoms with E-state index in [-0.39, 0.29) is 12.1 Å². The third kappa shape index (κ3) is 6.64. The molecule has 3 aromatic rings. The molecular formula is C27H38N4O4Si. The third-order valence-corrected chi connectivity index (χ3v) is 7.82. The molecule has 0 saturated heterocycles. The number of nitrogens with zero attached hydrogens (tertiary/aromatic N) is 3. The maximum absolute atomic E-state index is 12.4. The first kappa shape index (κ1) is 26.2. The lowest BCUT2D eigenvalue weighted by atomic mass is 9.88. The van der Waals surface area contributed by atoms with Crippen LogP contribution in [0.15, 0.2) is 41.5 Å². The van der Waals surface area contributed by atoms with E-state index in [1.54, 1.807) is 6.20 Å². The van der Waals surface area contributed by atoms with Gasteiger partial charge in [-0.1, -0.05) is 25.7 Å². The van der Waals surface area contributed by atoms with E-state index in [4.69, 9.17) is 18.9 Å². The van der Waals surface area contributed by atoms with E-state index in [9.17, 15) is 4.79 Å². The molecule has 1 unspecified atom stereocenters. The second-order valence-corrected chi connectivity index (χ2v) is 17.3. The molecule has 0 radical (unpaired) electrons. The largest absolute Gasteiger partial charge is 0.444 e. The van der Waals surface area contributed by atoms with E-state index in [2.05, 4.69) is 36.0 Å². The van der Waals surface area contributed by atoms with E-state index in [0.29, 0.717) is 18.9 Å². The van der Waals surface area contributed by atoms with Crippen molar-refractivity contribution in [1.82, 2.24) is 19.9 Å². The van der Waals surface area contributed by atoms with Crippen molar-refractivity contribution in [2.45, 2.75) is 84.1 Å². The SMILES string of the molecule is CC(C)(C)OC(=O)NC1CCC=C(c2ccnc3c2c(-c2cnco2)cn3COCC[Si](C)(C)C)C1. The minimum atomic E-state index is -1.17. The number of rotatable bonds is 8. The molecule has 1 aliphatic carbocycles. The molecule has 3 aromatic heterocycles. The molecule has 1 aliphatic rings. The predicted octanol–water partition coefficient (Wildman–Crippen LogP) is 6.46. The van der Waals surface area contributed by atoms with Crippen molar-refractivity contribution in [2.75, 3.05) is 6.61 Å². The fourth-order valence-electron chi connectivity index (χ4n) is 4.39. The van der Waals surface area contributed by atoms with Gasteiger partial charge < -0.3 is 23.8 Å². The zero-order valence-corrected chi connectivity index (χ0v) is 23.3. The van der Waals surface area contributed by atoms with Gasteiger partial charge in [0.05, 0.1) is 6.20 Å². The molecule has 0 aliphatic heterocycles. The van der Waals surface area contributed by atoms with E-state index in [0.717, 1.165) is 47.7 Å². The lowest BCUT2D eigenvalue weighted by Gasteiger charge is -2.26. The summed E-state index contributed by atoms with van der Waals surface area (Å²) in [7, 11) is -1.17. The quantitative estimate of drug-likeness (QED) is 0.276. The first-order chi connectivity index (χ1) is 17.0. The second kappa shape index (κ2) is 10.6. The van der Waals surface area contributed by atoms with E-state index in [1.165, 1.54) is 12.0 Å². The Morgan fingerprint density at radius 2 is 2.08 bits per heavy atom. The molecule has 0 spiro atoms. The minimum absolute atomic E-state index is 0.00350. The third-order valence-electron chi connectivity index (χ3n) is 6.12. The average molecular weight is 511 g/mol. The second-order valence-electron chi connectivity index (χ2n) is 11.6. The Bertz CT molecular complexity index is 1220. The van der Waals surface area contributed by atoms with Crippen molar-refractivity contribution in [2.24, 2.45) is 0 Å². The number of amides is 1. The van der Waals surface area contributed by atoms with Gasteiger partial charge in [-0.15, -0.1) is 0 Å². The number of allylic oxidation sites excluding steroid dienone is 1. The molecule has 1 atom stereocenters. The van der Waals surface area contributed by atoms with Crippen LogP contribution >= 0.6 is 0 Å². The number of aromatic nitrogens is 3.